The molecule has 2 amide bonds. The summed E-state index contributed by atoms with van der Waals surface area (Å²) < 4.78 is 5.37. The summed E-state index contributed by atoms with van der Waals surface area (Å²) >= 11 is 0. The maximum Gasteiger partial charge on any atom is 0.269 e. The van der Waals surface area contributed by atoms with Crippen LogP contribution in [0.4, 0.5) is 17.1 Å². The van der Waals surface area contributed by atoms with Crippen molar-refractivity contribution in [2.45, 2.75) is 32.7 Å². The summed E-state index contributed by atoms with van der Waals surface area (Å²) in [6.45, 7) is 4.08. The molecule has 0 spiro atoms. The van der Waals surface area contributed by atoms with E-state index in [0.717, 1.165) is 0 Å². The monoisotopic (exact) mass is 383 g/mol. The number of carbonyl (C=O) groups is 2. The average molecular weight is 383 g/mol. The highest BCUT2D eigenvalue weighted by Crippen LogP contribution is 2.32. The maximum absolute atomic E-state index is 12.7. The van der Waals surface area contributed by atoms with Crippen molar-refractivity contribution in [1.82, 2.24) is 0 Å². The summed E-state index contributed by atoms with van der Waals surface area (Å²) in [5, 5.41) is 13.8. The molecule has 1 aliphatic heterocycles. The Hall–Kier alpha value is -3.42. The highest BCUT2D eigenvalue weighted by atomic mass is 16.6. The Morgan fingerprint density at radius 2 is 1.96 bits per heavy atom. The number of benzene rings is 2. The number of nitrogens with one attached hydrogen (secondary N) is 1. The predicted octanol–water partition coefficient (Wildman–Crippen LogP) is 3.30. The topological polar surface area (TPSA) is 102 Å². The minimum absolute atomic E-state index is 0.0282. The van der Waals surface area contributed by atoms with E-state index in [4.69, 9.17) is 4.74 Å². The fourth-order valence-electron chi connectivity index (χ4n) is 3.21. The number of carbonyl (C=O) groups excluding carboxylic acids is 2. The highest BCUT2D eigenvalue weighted by molar-refractivity contribution is 6.06. The van der Waals surface area contributed by atoms with Gasteiger partial charge >= 0.3 is 0 Å². The third-order valence-corrected chi connectivity index (χ3v) is 4.61. The molecule has 28 heavy (non-hydrogen) atoms. The Morgan fingerprint density at radius 1 is 1.25 bits per heavy atom. The fraction of sp³-hybridized carbons (Fsp3) is 0.300. The van der Waals surface area contributed by atoms with Crippen LogP contribution in [0.3, 0.4) is 0 Å². The molecule has 2 aromatic rings. The first-order chi connectivity index (χ1) is 13.4. The van der Waals surface area contributed by atoms with Crippen molar-refractivity contribution in [3.05, 3.63) is 58.1 Å². The number of amides is 2. The van der Waals surface area contributed by atoms with Crippen molar-refractivity contribution in [2.75, 3.05) is 16.8 Å². The molecule has 1 atom stereocenters. The Morgan fingerprint density at radius 3 is 2.61 bits per heavy atom. The SMILES string of the molecule is CCOc1ccc(NC(=O)C(C)N2C(=O)CCc3cc([N+](=O)[O-])ccc32)cc1. The van der Waals surface area contributed by atoms with Crippen LogP contribution in [0.15, 0.2) is 42.5 Å². The minimum Gasteiger partial charge on any atom is -0.494 e. The molecule has 0 aromatic heterocycles. The first-order valence-corrected chi connectivity index (χ1v) is 9.03. The van der Waals surface area contributed by atoms with Crippen molar-refractivity contribution < 1.29 is 19.2 Å². The van der Waals surface area contributed by atoms with Crippen molar-refractivity contribution in [3.8, 4) is 5.75 Å². The maximum atomic E-state index is 12.7. The van der Waals surface area contributed by atoms with Crippen LogP contribution < -0.4 is 15.0 Å². The second-order valence-electron chi connectivity index (χ2n) is 6.46. The molecule has 0 aliphatic carbocycles. The number of nitro benzene ring substituents is 1. The lowest BCUT2D eigenvalue weighted by Gasteiger charge is -2.33. The summed E-state index contributed by atoms with van der Waals surface area (Å²) in [7, 11) is 0. The number of ether oxygens (including phenoxy) is 1. The number of nitro groups is 1. The molecule has 0 saturated carbocycles. The van der Waals surface area contributed by atoms with Gasteiger partial charge < -0.3 is 10.1 Å². The highest BCUT2D eigenvalue weighted by Gasteiger charge is 2.32. The first kappa shape index (κ1) is 19.3. The van der Waals surface area contributed by atoms with E-state index in [9.17, 15) is 19.7 Å². The van der Waals surface area contributed by atoms with E-state index in [-0.39, 0.29) is 23.9 Å². The van der Waals surface area contributed by atoms with E-state index in [1.54, 1.807) is 31.2 Å². The molecule has 1 heterocycles. The van der Waals surface area contributed by atoms with E-state index in [1.807, 2.05) is 6.92 Å². The standard InChI is InChI=1S/C20H21N3O5/c1-3-28-17-8-5-15(6-9-17)21-20(25)13(2)22-18-10-7-16(23(26)27)12-14(18)4-11-19(22)24/h5-10,12-13H,3-4,11H2,1-2H3,(H,21,25). The van der Waals surface area contributed by atoms with Crippen LogP contribution in [-0.4, -0.2) is 29.4 Å². The van der Waals surface area contributed by atoms with Crippen molar-refractivity contribution in [3.63, 3.8) is 0 Å². The summed E-state index contributed by atoms with van der Waals surface area (Å²) in [5.74, 6) is 0.176. The lowest BCUT2D eigenvalue weighted by atomic mass is 9.98. The van der Waals surface area contributed by atoms with Crippen LogP contribution in [-0.2, 0) is 16.0 Å². The van der Waals surface area contributed by atoms with Crippen molar-refractivity contribution in [2.24, 2.45) is 0 Å². The molecule has 1 aliphatic rings. The summed E-state index contributed by atoms with van der Waals surface area (Å²) in [4.78, 5) is 37.1. The molecule has 0 saturated heterocycles. The average Bonchev–Trinajstić information content (AvgIpc) is 2.68. The molecule has 0 radical (unpaired) electrons. The van der Waals surface area contributed by atoms with Crippen molar-refractivity contribution >= 4 is 28.9 Å². The number of rotatable bonds is 6. The van der Waals surface area contributed by atoms with Crippen LogP contribution in [0.2, 0.25) is 0 Å². The van der Waals surface area contributed by atoms with Crippen LogP contribution in [0.5, 0.6) is 5.75 Å². The van der Waals surface area contributed by atoms with Crippen LogP contribution in [0, 0.1) is 10.1 Å². The zero-order valence-corrected chi connectivity index (χ0v) is 15.7. The molecule has 8 nitrogen and oxygen atoms in total. The number of aryl methyl sites for hydroxylation is 1. The lowest BCUT2D eigenvalue weighted by Crippen LogP contribution is -2.48. The molecule has 0 bridgehead atoms. The Labute approximate surface area is 162 Å². The summed E-state index contributed by atoms with van der Waals surface area (Å²) in [6, 6.07) is 10.5. The number of hydrogen-bond acceptors (Lipinski definition) is 5. The van der Waals surface area contributed by atoms with Gasteiger partial charge in [-0.1, -0.05) is 0 Å². The summed E-state index contributed by atoms with van der Waals surface area (Å²) in [5.41, 5.74) is 1.79. The molecule has 1 unspecified atom stereocenters. The minimum atomic E-state index is -0.764. The first-order valence-electron chi connectivity index (χ1n) is 9.03. The van der Waals surface area contributed by atoms with Crippen LogP contribution >= 0.6 is 0 Å². The van der Waals surface area contributed by atoms with Gasteiger partial charge in [-0.05, 0) is 56.2 Å². The number of anilines is 2. The van der Waals surface area contributed by atoms with Gasteiger partial charge in [0.05, 0.1) is 11.5 Å². The predicted molar refractivity (Wildman–Crippen MR) is 105 cm³/mol. The third-order valence-electron chi connectivity index (χ3n) is 4.61. The number of nitrogens with zero attached hydrogens (tertiary/aromatic N) is 2. The zero-order chi connectivity index (χ0) is 20.3. The Balaban J connectivity index is 1.79. The van der Waals surface area contributed by atoms with E-state index in [0.29, 0.717) is 35.7 Å². The molecule has 3 rings (SSSR count). The molecule has 1 N–H and O–H groups in total. The molecule has 146 valence electrons. The van der Waals surface area contributed by atoms with Gasteiger partial charge in [-0.25, -0.2) is 0 Å². The molecule has 0 fully saturated rings. The van der Waals surface area contributed by atoms with Crippen LogP contribution in [0.1, 0.15) is 25.8 Å². The second kappa shape index (κ2) is 8.08. The smallest absolute Gasteiger partial charge is 0.269 e. The van der Waals surface area contributed by atoms with Gasteiger partial charge in [0.15, 0.2) is 0 Å². The van der Waals surface area contributed by atoms with Gasteiger partial charge in [-0.3, -0.25) is 24.6 Å². The number of hydrogen-bond donors (Lipinski definition) is 1. The van der Waals surface area contributed by atoms with Gasteiger partial charge in [-0.15, -0.1) is 0 Å². The Bertz CT molecular complexity index is 911. The Kier molecular flexibility index (Phi) is 5.58. The van der Waals surface area contributed by atoms with Gasteiger partial charge in [0.2, 0.25) is 11.8 Å². The zero-order valence-electron chi connectivity index (χ0n) is 15.7. The van der Waals surface area contributed by atoms with Gasteiger partial charge in [0, 0.05) is 29.9 Å². The molecular weight excluding hydrogens is 362 g/mol. The molecule has 2 aromatic carbocycles. The quantitative estimate of drug-likeness (QED) is 0.609. The second-order valence-corrected chi connectivity index (χ2v) is 6.46. The normalized spacial score (nSPS) is 14.2. The van der Waals surface area contributed by atoms with Gasteiger partial charge in [0.25, 0.3) is 5.69 Å². The summed E-state index contributed by atoms with van der Waals surface area (Å²) in [6.07, 6.45) is 0.619. The fourth-order valence-corrected chi connectivity index (χ4v) is 3.21. The van der Waals surface area contributed by atoms with E-state index < -0.39 is 11.0 Å². The van der Waals surface area contributed by atoms with Gasteiger partial charge in [0.1, 0.15) is 11.8 Å². The van der Waals surface area contributed by atoms with Crippen LogP contribution in [0.25, 0.3) is 0 Å². The lowest BCUT2D eigenvalue weighted by molar-refractivity contribution is -0.384. The number of non-ortho nitro benzene ring substituents is 1. The third kappa shape index (κ3) is 3.95. The molecular formula is C20H21N3O5. The number of fused-ring (bicyclic) bond motifs is 1. The van der Waals surface area contributed by atoms with E-state index >= 15 is 0 Å². The largest absolute Gasteiger partial charge is 0.494 e. The molecule has 8 heteroatoms. The van der Waals surface area contributed by atoms with E-state index in [2.05, 4.69) is 5.32 Å². The van der Waals surface area contributed by atoms with Crippen molar-refractivity contribution in [1.29, 1.82) is 0 Å². The van der Waals surface area contributed by atoms with E-state index in [1.165, 1.54) is 23.1 Å². The van der Waals surface area contributed by atoms with Gasteiger partial charge in [-0.2, -0.15) is 0 Å².